The first-order valence-corrected chi connectivity index (χ1v) is 5.57. The maximum Gasteiger partial charge on any atom is 0.0365 e. The lowest BCUT2D eigenvalue weighted by atomic mass is 9.91. The second-order valence-electron chi connectivity index (χ2n) is 3.86. The van der Waals surface area contributed by atoms with Crippen molar-refractivity contribution in [2.45, 2.75) is 50.9 Å². The average Bonchev–Trinajstić information content (AvgIpc) is 2.03. The Bertz CT molecular complexity index is 117. The van der Waals surface area contributed by atoms with Gasteiger partial charge in [-0.25, -0.2) is 0 Å². The Hall–Kier alpha value is 0.250. The standard InChI is InChI=1S/C10H20ClN/c1-3-8(4-2)7-12-10-5-9(11)6-10/h8-10,12H,3-7H2,1-2H3. The van der Waals surface area contributed by atoms with Crippen molar-refractivity contribution in [2.75, 3.05) is 6.54 Å². The largest absolute Gasteiger partial charge is 0.314 e. The summed E-state index contributed by atoms with van der Waals surface area (Å²) in [5.74, 6) is 0.861. The Morgan fingerprint density at radius 3 is 2.33 bits per heavy atom. The third kappa shape index (κ3) is 2.95. The van der Waals surface area contributed by atoms with E-state index in [2.05, 4.69) is 19.2 Å². The molecule has 72 valence electrons. The predicted molar refractivity (Wildman–Crippen MR) is 54.7 cm³/mol. The maximum atomic E-state index is 5.89. The first-order valence-electron chi connectivity index (χ1n) is 5.13. The van der Waals surface area contributed by atoms with E-state index in [1.54, 1.807) is 0 Å². The van der Waals surface area contributed by atoms with Gasteiger partial charge in [0.1, 0.15) is 0 Å². The molecule has 0 atom stereocenters. The minimum Gasteiger partial charge on any atom is -0.314 e. The molecule has 1 aliphatic carbocycles. The van der Waals surface area contributed by atoms with Crippen LogP contribution in [0.25, 0.3) is 0 Å². The Morgan fingerprint density at radius 2 is 1.92 bits per heavy atom. The molecular weight excluding hydrogens is 170 g/mol. The van der Waals surface area contributed by atoms with Crippen molar-refractivity contribution in [3.63, 3.8) is 0 Å². The van der Waals surface area contributed by atoms with Gasteiger partial charge in [-0.15, -0.1) is 11.6 Å². The van der Waals surface area contributed by atoms with Gasteiger partial charge < -0.3 is 5.32 Å². The summed E-state index contributed by atoms with van der Waals surface area (Å²) in [6, 6.07) is 0.716. The molecular formula is C10H20ClN. The van der Waals surface area contributed by atoms with E-state index in [0.29, 0.717) is 11.4 Å². The van der Waals surface area contributed by atoms with Crippen LogP contribution in [0.15, 0.2) is 0 Å². The molecule has 0 amide bonds. The summed E-state index contributed by atoms with van der Waals surface area (Å²) < 4.78 is 0. The molecule has 0 aliphatic heterocycles. The first kappa shape index (κ1) is 10.3. The molecule has 0 aromatic carbocycles. The summed E-state index contributed by atoms with van der Waals surface area (Å²) in [4.78, 5) is 0. The number of hydrogen-bond acceptors (Lipinski definition) is 1. The van der Waals surface area contributed by atoms with Crippen LogP contribution in [0.2, 0.25) is 0 Å². The van der Waals surface area contributed by atoms with E-state index < -0.39 is 0 Å². The van der Waals surface area contributed by atoms with E-state index in [-0.39, 0.29) is 0 Å². The van der Waals surface area contributed by atoms with Crippen LogP contribution in [0.1, 0.15) is 39.5 Å². The molecule has 1 rings (SSSR count). The Labute approximate surface area is 80.9 Å². The summed E-state index contributed by atoms with van der Waals surface area (Å²) >= 11 is 5.89. The third-order valence-electron chi connectivity index (χ3n) is 2.93. The molecule has 0 heterocycles. The molecule has 0 saturated heterocycles. The van der Waals surface area contributed by atoms with E-state index in [9.17, 15) is 0 Å². The minimum atomic E-state index is 0.448. The normalized spacial score (nSPS) is 29.0. The number of halogens is 1. The molecule has 1 saturated carbocycles. The van der Waals surface area contributed by atoms with Crippen LogP contribution in [-0.2, 0) is 0 Å². The SMILES string of the molecule is CCC(CC)CNC1CC(Cl)C1. The number of nitrogens with one attached hydrogen (secondary N) is 1. The molecule has 12 heavy (non-hydrogen) atoms. The summed E-state index contributed by atoms with van der Waals surface area (Å²) in [6.07, 6.45) is 4.92. The van der Waals surface area contributed by atoms with Gasteiger partial charge in [0.25, 0.3) is 0 Å². The highest BCUT2D eigenvalue weighted by Crippen LogP contribution is 2.25. The van der Waals surface area contributed by atoms with Crippen molar-refractivity contribution >= 4 is 11.6 Å². The van der Waals surface area contributed by atoms with Crippen molar-refractivity contribution in [1.29, 1.82) is 0 Å². The van der Waals surface area contributed by atoms with Gasteiger partial charge in [0.05, 0.1) is 0 Å². The monoisotopic (exact) mass is 189 g/mol. The van der Waals surface area contributed by atoms with E-state index in [1.807, 2.05) is 0 Å². The zero-order valence-electron chi connectivity index (χ0n) is 8.15. The van der Waals surface area contributed by atoms with Crippen LogP contribution in [0.3, 0.4) is 0 Å². The predicted octanol–water partition coefficient (Wildman–Crippen LogP) is 2.78. The van der Waals surface area contributed by atoms with Gasteiger partial charge in [0.2, 0.25) is 0 Å². The Kier molecular flexibility index (Phi) is 4.38. The fourth-order valence-electron chi connectivity index (χ4n) is 1.63. The number of rotatable bonds is 5. The minimum absolute atomic E-state index is 0.448. The molecule has 0 aromatic heterocycles. The third-order valence-corrected chi connectivity index (χ3v) is 3.29. The average molecular weight is 190 g/mol. The highest BCUT2D eigenvalue weighted by atomic mass is 35.5. The zero-order valence-corrected chi connectivity index (χ0v) is 8.90. The summed E-state index contributed by atoms with van der Waals surface area (Å²) in [5.41, 5.74) is 0. The molecule has 0 bridgehead atoms. The van der Waals surface area contributed by atoms with Crippen LogP contribution < -0.4 is 5.32 Å². The maximum absolute atomic E-state index is 5.89. The Balaban J connectivity index is 2.01. The molecule has 0 aromatic rings. The first-order chi connectivity index (χ1) is 5.76. The molecule has 0 radical (unpaired) electrons. The molecule has 0 spiro atoms. The number of alkyl halides is 1. The van der Waals surface area contributed by atoms with Gasteiger partial charge in [-0.2, -0.15) is 0 Å². The fraction of sp³-hybridized carbons (Fsp3) is 1.00. The van der Waals surface area contributed by atoms with E-state index in [4.69, 9.17) is 11.6 Å². The van der Waals surface area contributed by atoms with Gasteiger partial charge in [0, 0.05) is 11.4 Å². The fourth-order valence-corrected chi connectivity index (χ4v) is 2.06. The summed E-state index contributed by atoms with van der Waals surface area (Å²) in [5, 5.41) is 4.02. The van der Waals surface area contributed by atoms with Gasteiger partial charge in [-0.1, -0.05) is 26.7 Å². The second-order valence-corrected chi connectivity index (χ2v) is 4.47. The van der Waals surface area contributed by atoms with Crippen molar-refractivity contribution in [3.8, 4) is 0 Å². The summed E-state index contributed by atoms with van der Waals surface area (Å²) in [7, 11) is 0. The van der Waals surface area contributed by atoms with Crippen LogP contribution >= 0.6 is 11.6 Å². The van der Waals surface area contributed by atoms with Crippen molar-refractivity contribution < 1.29 is 0 Å². The molecule has 1 N–H and O–H groups in total. The zero-order chi connectivity index (χ0) is 8.97. The van der Waals surface area contributed by atoms with E-state index in [1.165, 1.54) is 32.2 Å². The van der Waals surface area contributed by atoms with E-state index in [0.717, 1.165) is 5.92 Å². The number of hydrogen-bond donors (Lipinski definition) is 1. The van der Waals surface area contributed by atoms with Crippen molar-refractivity contribution in [3.05, 3.63) is 0 Å². The van der Waals surface area contributed by atoms with Crippen LogP contribution in [0, 0.1) is 5.92 Å². The molecule has 1 nitrogen and oxygen atoms in total. The van der Waals surface area contributed by atoms with Gasteiger partial charge >= 0.3 is 0 Å². The van der Waals surface area contributed by atoms with Crippen molar-refractivity contribution in [2.24, 2.45) is 5.92 Å². The smallest absolute Gasteiger partial charge is 0.0365 e. The lowest BCUT2D eigenvalue weighted by Crippen LogP contribution is -2.43. The van der Waals surface area contributed by atoms with E-state index >= 15 is 0 Å². The lowest BCUT2D eigenvalue weighted by molar-refractivity contribution is 0.315. The van der Waals surface area contributed by atoms with Gasteiger partial charge in [-0.05, 0) is 25.3 Å². The van der Waals surface area contributed by atoms with Gasteiger partial charge in [0.15, 0.2) is 0 Å². The molecule has 2 heteroatoms. The highest BCUT2D eigenvalue weighted by Gasteiger charge is 2.26. The topological polar surface area (TPSA) is 12.0 Å². The second kappa shape index (κ2) is 5.08. The van der Waals surface area contributed by atoms with Crippen molar-refractivity contribution in [1.82, 2.24) is 5.32 Å². The van der Waals surface area contributed by atoms with Gasteiger partial charge in [-0.3, -0.25) is 0 Å². The van der Waals surface area contributed by atoms with Crippen LogP contribution in [-0.4, -0.2) is 18.0 Å². The summed E-state index contributed by atoms with van der Waals surface area (Å²) in [6.45, 7) is 5.71. The lowest BCUT2D eigenvalue weighted by Gasteiger charge is -2.32. The molecule has 0 unspecified atom stereocenters. The quantitative estimate of drug-likeness (QED) is 0.656. The highest BCUT2D eigenvalue weighted by molar-refractivity contribution is 6.21. The van der Waals surface area contributed by atoms with Crippen LogP contribution in [0.4, 0.5) is 0 Å². The molecule has 1 aliphatic rings. The molecule has 1 fully saturated rings. The Morgan fingerprint density at radius 1 is 1.33 bits per heavy atom. The van der Waals surface area contributed by atoms with Crippen LogP contribution in [0.5, 0.6) is 0 Å².